The number of hydrogen-bond donors (Lipinski definition) is 2. The van der Waals surface area contributed by atoms with Crippen LogP contribution < -0.4 is 15.9 Å². The maximum absolute atomic E-state index is 12.0. The van der Waals surface area contributed by atoms with Gasteiger partial charge in [-0.15, -0.1) is 10.2 Å². The third-order valence-corrected chi connectivity index (χ3v) is 4.50. The zero-order valence-corrected chi connectivity index (χ0v) is 15.1. The molecule has 0 aliphatic heterocycles. The number of rotatable bonds is 7. The molecule has 1 amide bonds. The Kier molecular flexibility index (Phi) is 5.75. The minimum Gasteiger partial charge on any atom is -0.489 e. The Morgan fingerprint density at radius 2 is 1.88 bits per heavy atom. The van der Waals surface area contributed by atoms with E-state index in [2.05, 4.69) is 15.5 Å². The summed E-state index contributed by atoms with van der Waals surface area (Å²) in [6.45, 7) is 2.25. The molecule has 3 aromatic rings. The van der Waals surface area contributed by atoms with Gasteiger partial charge in [-0.05, 0) is 36.8 Å². The summed E-state index contributed by atoms with van der Waals surface area (Å²) in [5.74, 6) is 7.14. The Morgan fingerprint density at radius 3 is 2.54 bits per heavy atom. The smallest absolute Gasteiger partial charge is 0.234 e. The monoisotopic (exact) mass is 369 g/mol. The van der Waals surface area contributed by atoms with E-state index in [1.807, 2.05) is 42.5 Å². The molecule has 0 unspecified atom stereocenters. The predicted octanol–water partition coefficient (Wildman–Crippen LogP) is 2.61. The van der Waals surface area contributed by atoms with Crippen molar-refractivity contribution in [1.29, 1.82) is 0 Å². The summed E-state index contributed by atoms with van der Waals surface area (Å²) in [7, 11) is 0. The summed E-state index contributed by atoms with van der Waals surface area (Å²) in [4.78, 5) is 12.0. The second-order valence-electron chi connectivity index (χ2n) is 5.54. The number of amides is 1. The first-order chi connectivity index (χ1) is 12.6. The number of ether oxygens (including phenoxy) is 1. The Labute approximate surface area is 155 Å². The van der Waals surface area contributed by atoms with Gasteiger partial charge in [-0.2, -0.15) is 0 Å². The lowest BCUT2D eigenvalue weighted by Crippen LogP contribution is -2.16. The molecule has 7 nitrogen and oxygen atoms in total. The molecule has 0 saturated carbocycles. The van der Waals surface area contributed by atoms with E-state index in [0.29, 0.717) is 23.3 Å². The zero-order chi connectivity index (χ0) is 18.4. The van der Waals surface area contributed by atoms with Crippen LogP contribution in [0, 0.1) is 6.92 Å². The maximum atomic E-state index is 12.0. The van der Waals surface area contributed by atoms with Crippen LogP contribution in [0.1, 0.15) is 11.4 Å². The fourth-order valence-electron chi connectivity index (χ4n) is 2.15. The molecule has 0 radical (unpaired) electrons. The SMILES string of the molecule is Cc1nnc(SCC(=O)Nc2ccc(OCc3ccccc3)cc2)n1N. The molecule has 0 aliphatic carbocycles. The zero-order valence-electron chi connectivity index (χ0n) is 14.3. The normalized spacial score (nSPS) is 10.5. The summed E-state index contributed by atoms with van der Waals surface area (Å²) in [6.07, 6.45) is 0. The summed E-state index contributed by atoms with van der Waals surface area (Å²) >= 11 is 1.23. The van der Waals surface area contributed by atoms with E-state index >= 15 is 0 Å². The van der Waals surface area contributed by atoms with Crippen molar-refractivity contribution in [2.75, 3.05) is 16.9 Å². The Morgan fingerprint density at radius 1 is 1.15 bits per heavy atom. The van der Waals surface area contributed by atoms with Crippen LogP contribution >= 0.6 is 11.8 Å². The number of hydrogen-bond acceptors (Lipinski definition) is 6. The summed E-state index contributed by atoms with van der Waals surface area (Å²) < 4.78 is 7.08. The second-order valence-corrected chi connectivity index (χ2v) is 6.48. The lowest BCUT2D eigenvalue weighted by atomic mass is 10.2. The van der Waals surface area contributed by atoms with Crippen molar-refractivity contribution in [1.82, 2.24) is 14.9 Å². The molecule has 0 atom stereocenters. The largest absolute Gasteiger partial charge is 0.489 e. The van der Waals surface area contributed by atoms with Gasteiger partial charge >= 0.3 is 0 Å². The molecule has 0 spiro atoms. The van der Waals surface area contributed by atoms with Crippen molar-refractivity contribution >= 4 is 23.4 Å². The van der Waals surface area contributed by atoms with E-state index in [1.54, 1.807) is 19.1 Å². The van der Waals surface area contributed by atoms with Crippen LogP contribution in [0.3, 0.4) is 0 Å². The van der Waals surface area contributed by atoms with E-state index in [-0.39, 0.29) is 11.7 Å². The van der Waals surface area contributed by atoms with Gasteiger partial charge in [0.05, 0.1) is 5.75 Å². The molecule has 3 rings (SSSR count). The molecular formula is C18H19N5O2S. The van der Waals surface area contributed by atoms with Crippen molar-refractivity contribution < 1.29 is 9.53 Å². The molecule has 2 aromatic carbocycles. The standard InChI is InChI=1S/C18H19N5O2S/c1-13-21-22-18(23(13)19)26-12-17(24)20-15-7-9-16(10-8-15)25-11-14-5-3-2-4-6-14/h2-10H,11-12,19H2,1H3,(H,20,24). The van der Waals surface area contributed by atoms with Crippen LogP contribution in [0.25, 0.3) is 0 Å². The molecule has 0 aliphatic rings. The first-order valence-electron chi connectivity index (χ1n) is 7.98. The fraction of sp³-hybridized carbons (Fsp3) is 0.167. The van der Waals surface area contributed by atoms with Crippen molar-refractivity contribution in [2.45, 2.75) is 18.7 Å². The molecule has 1 aromatic heterocycles. The molecule has 0 bridgehead atoms. The van der Waals surface area contributed by atoms with E-state index in [0.717, 1.165) is 11.3 Å². The van der Waals surface area contributed by atoms with Crippen LogP contribution in [-0.2, 0) is 11.4 Å². The maximum Gasteiger partial charge on any atom is 0.234 e. The van der Waals surface area contributed by atoms with Crippen LogP contribution in [0.15, 0.2) is 59.8 Å². The highest BCUT2D eigenvalue weighted by atomic mass is 32.2. The number of aromatic nitrogens is 3. The summed E-state index contributed by atoms with van der Waals surface area (Å²) in [5.41, 5.74) is 1.80. The van der Waals surface area contributed by atoms with Gasteiger partial charge < -0.3 is 15.9 Å². The number of nitrogen functional groups attached to an aromatic ring is 1. The van der Waals surface area contributed by atoms with Gasteiger partial charge in [0.15, 0.2) is 0 Å². The topological polar surface area (TPSA) is 95.1 Å². The van der Waals surface area contributed by atoms with E-state index in [9.17, 15) is 4.79 Å². The number of nitrogens with one attached hydrogen (secondary N) is 1. The summed E-state index contributed by atoms with van der Waals surface area (Å²) in [6, 6.07) is 17.2. The average Bonchev–Trinajstić information content (AvgIpc) is 2.99. The molecule has 3 N–H and O–H groups in total. The predicted molar refractivity (Wildman–Crippen MR) is 101 cm³/mol. The van der Waals surface area contributed by atoms with Crippen molar-refractivity contribution in [3.05, 3.63) is 66.0 Å². The lowest BCUT2D eigenvalue weighted by molar-refractivity contribution is -0.113. The molecule has 8 heteroatoms. The van der Waals surface area contributed by atoms with Gasteiger partial charge in [-0.25, -0.2) is 4.68 Å². The minimum absolute atomic E-state index is 0.145. The summed E-state index contributed by atoms with van der Waals surface area (Å²) in [5, 5.41) is 11.1. The van der Waals surface area contributed by atoms with E-state index < -0.39 is 0 Å². The minimum atomic E-state index is -0.145. The fourth-order valence-corrected chi connectivity index (χ4v) is 2.85. The molecule has 0 saturated heterocycles. The molecule has 0 fully saturated rings. The average molecular weight is 369 g/mol. The number of benzene rings is 2. The number of carbonyl (C=O) groups excluding carboxylic acids is 1. The highest BCUT2D eigenvalue weighted by Gasteiger charge is 2.10. The molecule has 1 heterocycles. The van der Waals surface area contributed by atoms with Gasteiger partial charge in [-0.1, -0.05) is 42.1 Å². The first kappa shape index (κ1) is 17.8. The van der Waals surface area contributed by atoms with Crippen LogP contribution in [-0.4, -0.2) is 26.5 Å². The van der Waals surface area contributed by atoms with Gasteiger partial charge in [0.1, 0.15) is 18.2 Å². The molecule has 26 heavy (non-hydrogen) atoms. The number of thioether (sulfide) groups is 1. The Hall–Kier alpha value is -3.00. The third-order valence-electron chi connectivity index (χ3n) is 3.55. The van der Waals surface area contributed by atoms with E-state index in [1.165, 1.54) is 16.4 Å². The van der Waals surface area contributed by atoms with Crippen molar-refractivity contribution in [3.63, 3.8) is 0 Å². The number of anilines is 1. The van der Waals surface area contributed by atoms with E-state index in [4.69, 9.17) is 10.6 Å². The number of carbonyl (C=O) groups is 1. The molecular weight excluding hydrogens is 350 g/mol. The Bertz CT molecular complexity index is 865. The van der Waals surface area contributed by atoms with Gasteiger partial charge in [0.2, 0.25) is 11.1 Å². The van der Waals surface area contributed by atoms with Crippen LogP contribution in [0.4, 0.5) is 5.69 Å². The molecule has 134 valence electrons. The Balaban J connectivity index is 1.47. The van der Waals surface area contributed by atoms with Gasteiger partial charge in [-0.3, -0.25) is 4.79 Å². The van der Waals surface area contributed by atoms with Crippen LogP contribution in [0.2, 0.25) is 0 Å². The van der Waals surface area contributed by atoms with Gasteiger partial charge in [0, 0.05) is 5.69 Å². The quantitative estimate of drug-likeness (QED) is 0.491. The van der Waals surface area contributed by atoms with Gasteiger partial charge in [0.25, 0.3) is 0 Å². The first-order valence-corrected chi connectivity index (χ1v) is 8.97. The third kappa shape index (κ3) is 4.76. The second kappa shape index (κ2) is 8.39. The van der Waals surface area contributed by atoms with Crippen LogP contribution in [0.5, 0.6) is 5.75 Å². The van der Waals surface area contributed by atoms with Crippen molar-refractivity contribution in [3.8, 4) is 5.75 Å². The number of nitrogens with zero attached hydrogens (tertiary/aromatic N) is 3. The van der Waals surface area contributed by atoms with Crippen molar-refractivity contribution in [2.24, 2.45) is 0 Å². The highest BCUT2D eigenvalue weighted by Crippen LogP contribution is 2.18. The lowest BCUT2D eigenvalue weighted by Gasteiger charge is -2.08. The number of aryl methyl sites for hydroxylation is 1. The number of nitrogens with two attached hydrogens (primary N) is 1. The highest BCUT2D eigenvalue weighted by molar-refractivity contribution is 7.99.